The lowest BCUT2D eigenvalue weighted by atomic mass is 10.2. The number of benzene rings is 3. The molecule has 0 bridgehead atoms. The normalized spacial score (nSPS) is 10.9. The molecule has 0 saturated carbocycles. The number of halogens is 1. The average Bonchev–Trinajstić information content (AvgIpc) is 2.69. The third kappa shape index (κ3) is 5.59. The van der Waals surface area contributed by atoms with Crippen LogP contribution in [0.4, 0.5) is 17.1 Å². The third-order valence-corrected chi connectivity index (χ3v) is 5.56. The number of anilines is 3. The van der Waals surface area contributed by atoms with Crippen molar-refractivity contribution >= 4 is 50.5 Å². The van der Waals surface area contributed by atoms with Gasteiger partial charge in [-0.05, 0) is 60.7 Å². The monoisotopic (exact) mass is 443 g/mol. The van der Waals surface area contributed by atoms with Crippen LogP contribution in [0.2, 0.25) is 5.02 Å². The number of amides is 2. The van der Waals surface area contributed by atoms with Gasteiger partial charge >= 0.3 is 0 Å². The Bertz CT molecular complexity index is 1190. The SMILES string of the molecule is CC(=O)Nc1ccc(NC(=O)c2cccc(S(=O)(=O)Nc3cccc(Cl)c3)c2)cc1. The van der Waals surface area contributed by atoms with Crippen LogP contribution in [0.25, 0.3) is 0 Å². The number of carbonyl (C=O) groups is 2. The van der Waals surface area contributed by atoms with E-state index < -0.39 is 15.9 Å². The minimum atomic E-state index is -3.90. The first kappa shape index (κ1) is 21.4. The van der Waals surface area contributed by atoms with E-state index in [9.17, 15) is 18.0 Å². The zero-order valence-corrected chi connectivity index (χ0v) is 17.4. The molecule has 0 heterocycles. The van der Waals surface area contributed by atoms with Crippen LogP contribution in [-0.2, 0) is 14.8 Å². The van der Waals surface area contributed by atoms with E-state index in [4.69, 9.17) is 11.6 Å². The van der Waals surface area contributed by atoms with Crippen molar-refractivity contribution in [2.24, 2.45) is 0 Å². The highest BCUT2D eigenvalue weighted by atomic mass is 35.5. The maximum atomic E-state index is 12.7. The summed E-state index contributed by atoms with van der Waals surface area (Å²) >= 11 is 5.89. The first-order valence-corrected chi connectivity index (χ1v) is 10.7. The lowest BCUT2D eigenvalue weighted by Gasteiger charge is -2.10. The molecule has 3 aromatic carbocycles. The highest BCUT2D eigenvalue weighted by Gasteiger charge is 2.17. The van der Waals surface area contributed by atoms with Crippen LogP contribution in [0.1, 0.15) is 17.3 Å². The fourth-order valence-corrected chi connectivity index (χ4v) is 3.90. The Morgan fingerprint density at radius 3 is 2.07 bits per heavy atom. The lowest BCUT2D eigenvalue weighted by molar-refractivity contribution is -0.114. The topological polar surface area (TPSA) is 104 Å². The van der Waals surface area contributed by atoms with Crippen LogP contribution in [0.15, 0.2) is 77.7 Å². The van der Waals surface area contributed by atoms with Gasteiger partial charge in [0.15, 0.2) is 0 Å². The smallest absolute Gasteiger partial charge is 0.261 e. The summed E-state index contributed by atoms with van der Waals surface area (Å²) in [6.45, 7) is 1.40. The summed E-state index contributed by atoms with van der Waals surface area (Å²) in [7, 11) is -3.90. The van der Waals surface area contributed by atoms with Gasteiger partial charge in [-0.15, -0.1) is 0 Å². The molecule has 0 radical (unpaired) electrons. The third-order valence-electron chi connectivity index (χ3n) is 3.95. The summed E-state index contributed by atoms with van der Waals surface area (Å²) in [4.78, 5) is 23.6. The minimum absolute atomic E-state index is 0.0591. The Morgan fingerprint density at radius 2 is 1.43 bits per heavy atom. The van der Waals surface area contributed by atoms with Gasteiger partial charge in [-0.25, -0.2) is 8.42 Å². The van der Waals surface area contributed by atoms with Crippen LogP contribution in [0, 0.1) is 0 Å². The van der Waals surface area contributed by atoms with Crippen LogP contribution >= 0.6 is 11.6 Å². The molecular weight excluding hydrogens is 426 g/mol. The van der Waals surface area contributed by atoms with Crippen molar-refractivity contribution < 1.29 is 18.0 Å². The molecule has 2 amide bonds. The second-order valence-corrected chi connectivity index (χ2v) is 8.48. The molecule has 0 atom stereocenters. The summed E-state index contributed by atoms with van der Waals surface area (Å²) in [6, 6.07) is 18.5. The maximum Gasteiger partial charge on any atom is 0.261 e. The van der Waals surface area contributed by atoms with Gasteiger partial charge in [0.05, 0.1) is 10.6 Å². The van der Waals surface area contributed by atoms with Crippen LogP contribution in [0.5, 0.6) is 0 Å². The van der Waals surface area contributed by atoms with Crippen molar-refractivity contribution in [1.82, 2.24) is 0 Å². The molecule has 7 nitrogen and oxygen atoms in total. The highest BCUT2D eigenvalue weighted by Crippen LogP contribution is 2.21. The summed E-state index contributed by atoms with van der Waals surface area (Å²) in [5, 5.41) is 5.72. The van der Waals surface area contributed by atoms with Crippen molar-refractivity contribution in [1.29, 1.82) is 0 Å². The zero-order valence-electron chi connectivity index (χ0n) is 15.8. The van der Waals surface area contributed by atoms with E-state index >= 15 is 0 Å². The van der Waals surface area contributed by atoms with Gasteiger partial charge in [0.25, 0.3) is 15.9 Å². The molecule has 0 aliphatic heterocycles. The molecule has 3 rings (SSSR count). The predicted molar refractivity (Wildman–Crippen MR) is 117 cm³/mol. The van der Waals surface area contributed by atoms with Crippen molar-refractivity contribution in [3.05, 3.63) is 83.4 Å². The molecule has 0 aromatic heterocycles. The van der Waals surface area contributed by atoms with Gasteiger partial charge in [-0.1, -0.05) is 23.7 Å². The Balaban J connectivity index is 1.75. The van der Waals surface area contributed by atoms with Crippen molar-refractivity contribution in [3.63, 3.8) is 0 Å². The second-order valence-electron chi connectivity index (χ2n) is 6.36. The first-order valence-electron chi connectivity index (χ1n) is 8.80. The largest absolute Gasteiger partial charge is 0.326 e. The van der Waals surface area contributed by atoms with Crippen LogP contribution in [-0.4, -0.2) is 20.2 Å². The second kappa shape index (κ2) is 8.98. The van der Waals surface area contributed by atoms with E-state index in [1.165, 1.54) is 37.3 Å². The quantitative estimate of drug-likeness (QED) is 0.526. The van der Waals surface area contributed by atoms with Gasteiger partial charge in [0.2, 0.25) is 5.91 Å². The molecule has 154 valence electrons. The molecule has 30 heavy (non-hydrogen) atoms. The van der Waals surface area contributed by atoms with Gasteiger partial charge in [0.1, 0.15) is 0 Å². The molecule has 3 aromatic rings. The summed E-state index contributed by atoms with van der Waals surface area (Å²) < 4.78 is 27.7. The van der Waals surface area contributed by atoms with Gasteiger partial charge in [-0.3, -0.25) is 14.3 Å². The number of hydrogen-bond donors (Lipinski definition) is 3. The Morgan fingerprint density at radius 1 is 0.800 bits per heavy atom. The molecule has 0 saturated heterocycles. The molecule has 3 N–H and O–H groups in total. The fourth-order valence-electron chi connectivity index (χ4n) is 2.61. The average molecular weight is 444 g/mol. The van der Waals surface area contributed by atoms with Crippen molar-refractivity contribution in [3.8, 4) is 0 Å². The summed E-state index contributed by atoms with van der Waals surface area (Å²) in [5.74, 6) is -0.668. The minimum Gasteiger partial charge on any atom is -0.326 e. The number of hydrogen-bond acceptors (Lipinski definition) is 4. The summed E-state index contributed by atoms with van der Waals surface area (Å²) in [6.07, 6.45) is 0. The molecule has 9 heteroatoms. The molecular formula is C21H18ClN3O4S. The first-order chi connectivity index (χ1) is 14.2. The zero-order chi connectivity index (χ0) is 21.7. The Kier molecular flexibility index (Phi) is 6.39. The van der Waals surface area contributed by atoms with Crippen LogP contribution < -0.4 is 15.4 Å². The number of rotatable bonds is 6. The molecule has 0 aliphatic rings. The summed E-state index contributed by atoms with van der Waals surface area (Å²) in [5.41, 5.74) is 1.59. The Labute approximate surface area is 179 Å². The van der Waals surface area contributed by atoms with Gasteiger partial charge in [0, 0.05) is 28.9 Å². The number of sulfonamides is 1. The predicted octanol–water partition coefficient (Wildman–Crippen LogP) is 4.35. The standard InChI is InChI=1S/C21H18ClN3O4S/c1-14(26)23-17-8-10-18(11-9-17)24-21(27)15-4-2-7-20(12-15)30(28,29)25-19-6-3-5-16(22)13-19/h2-13,25H,1H3,(H,23,26)(H,24,27). The van der Waals surface area contributed by atoms with E-state index in [1.807, 2.05) is 0 Å². The number of carbonyl (C=O) groups excluding carboxylic acids is 2. The van der Waals surface area contributed by atoms with E-state index in [2.05, 4.69) is 15.4 Å². The van der Waals surface area contributed by atoms with E-state index in [0.29, 0.717) is 22.1 Å². The Hall–Kier alpha value is -3.36. The van der Waals surface area contributed by atoms with Gasteiger partial charge in [-0.2, -0.15) is 0 Å². The fraction of sp³-hybridized carbons (Fsp3) is 0.0476. The van der Waals surface area contributed by atoms with Crippen LogP contribution in [0.3, 0.4) is 0 Å². The molecule has 0 spiro atoms. The van der Waals surface area contributed by atoms with Gasteiger partial charge < -0.3 is 10.6 Å². The van der Waals surface area contributed by atoms with E-state index in [0.717, 1.165) is 0 Å². The van der Waals surface area contributed by atoms with E-state index in [-0.39, 0.29) is 16.4 Å². The molecule has 0 aliphatic carbocycles. The highest BCUT2D eigenvalue weighted by molar-refractivity contribution is 7.92. The lowest BCUT2D eigenvalue weighted by Crippen LogP contribution is -2.16. The van der Waals surface area contributed by atoms with Crippen molar-refractivity contribution in [2.45, 2.75) is 11.8 Å². The molecule has 0 unspecified atom stereocenters. The number of nitrogens with one attached hydrogen (secondary N) is 3. The maximum absolute atomic E-state index is 12.7. The molecule has 0 fully saturated rings. The van der Waals surface area contributed by atoms with E-state index in [1.54, 1.807) is 42.5 Å². The van der Waals surface area contributed by atoms with Crippen molar-refractivity contribution in [2.75, 3.05) is 15.4 Å².